The van der Waals surface area contributed by atoms with Crippen LogP contribution in [0.25, 0.3) is 0 Å². The maximum Gasteiger partial charge on any atom is 0.0409 e. The van der Waals surface area contributed by atoms with Crippen LogP contribution < -0.4 is 5.32 Å². The van der Waals surface area contributed by atoms with Crippen molar-refractivity contribution in [2.45, 2.75) is 33.2 Å². The van der Waals surface area contributed by atoms with Crippen molar-refractivity contribution in [3.63, 3.8) is 0 Å². The fourth-order valence-corrected chi connectivity index (χ4v) is 3.13. The second-order valence-corrected chi connectivity index (χ2v) is 6.87. The minimum absolute atomic E-state index is 0.462. The third-order valence-electron chi connectivity index (χ3n) is 4.18. The van der Waals surface area contributed by atoms with Crippen LogP contribution in [-0.2, 0) is 0 Å². The van der Waals surface area contributed by atoms with Crippen LogP contribution in [-0.4, -0.2) is 31.1 Å². The van der Waals surface area contributed by atoms with Crippen molar-refractivity contribution in [2.24, 2.45) is 11.8 Å². The predicted octanol–water partition coefficient (Wildman–Crippen LogP) is 3.97. The van der Waals surface area contributed by atoms with Gasteiger partial charge in [0.15, 0.2) is 0 Å². The van der Waals surface area contributed by atoms with Crippen LogP contribution in [0.15, 0.2) is 24.3 Å². The van der Waals surface area contributed by atoms with Gasteiger partial charge < -0.3 is 5.32 Å². The molecule has 0 bridgehead atoms. The van der Waals surface area contributed by atoms with Gasteiger partial charge in [-0.25, -0.2) is 0 Å². The van der Waals surface area contributed by atoms with E-state index in [1.807, 2.05) is 12.1 Å². The number of nitrogens with one attached hydrogen (secondary N) is 1. The molecule has 1 aromatic rings. The number of hydrogen-bond donors (Lipinski definition) is 1. The number of rotatable bonds is 6. The fourth-order valence-electron chi connectivity index (χ4n) is 2.93. The van der Waals surface area contributed by atoms with E-state index in [2.05, 4.69) is 43.1 Å². The van der Waals surface area contributed by atoms with Crippen molar-refractivity contribution in [3.05, 3.63) is 34.9 Å². The maximum absolute atomic E-state index is 6.09. The Balaban J connectivity index is 1.83. The van der Waals surface area contributed by atoms with E-state index in [0.717, 1.165) is 29.9 Å². The first-order chi connectivity index (χ1) is 9.56. The van der Waals surface area contributed by atoms with Crippen LogP contribution in [0.2, 0.25) is 5.02 Å². The van der Waals surface area contributed by atoms with Crippen molar-refractivity contribution < 1.29 is 0 Å². The minimum atomic E-state index is 0.462. The third kappa shape index (κ3) is 4.47. The summed E-state index contributed by atoms with van der Waals surface area (Å²) < 4.78 is 0. The molecule has 1 aliphatic rings. The smallest absolute Gasteiger partial charge is 0.0409 e. The molecule has 1 saturated heterocycles. The molecule has 0 aromatic heterocycles. The van der Waals surface area contributed by atoms with Gasteiger partial charge in [0.25, 0.3) is 0 Å². The summed E-state index contributed by atoms with van der Waals surface area (Å²) in [5.74, 6) is 1.52. The summed E-state index contributed by atoms with van der Waals surface area (Å²) in [6, 6.07) is 8.73. The predicted molar refractivity (Wildman–Crippen MR) is 87.3 cm³/mol. The van der Waals surface area contributed by atoms with Crippen LogP contribution in [0.1, 0.15) is 38.8 Å². The molecule has 1 aliphatic heterocycles. The van der Waals surface area contributed by atoms with Crippen LogP contribution in [0.3, 0.4) is 0 Å². The molecule has 1 aromatic carbocycles. The Morgan fingerprint density at radius 2 is 2.15 bits per heavy atom. The molecule has 0 spiro atoms. The summed E-state index contributed by atoms with van der Waals surface area (Å²) in [7, 11) is 0. The Labute approximate surface area is 128 Å². The van der Waals surface area contributed by atoms with E-state index in [1.54, 1.807) is 0 Å². The lowest BCUT2D eigenvalue weighted by molar-refractivity contribution is 0.251. The molecule has 2 nitrogen and oxygen atoms in total. The van der Waals surface area contributed by atoms with Gasteiger partial charge in [0.1, 0.15) is 0 Å². The van der Waals surface area contributed by atoms with E-state index in [-0.39, 0.29) is 0 Å². The Bertz CT molecular complexity index is 419. The number of likely N-dealkylation sites (tertiary alicyclic amines) is 1. The molecule has 2 rings (SSSR count). The van der Waals surface area contributed by atoms with Crippen LogP contribution in [0.4, 0.5) is 0 Å². The zero-order valence-corrected chi connectivity index (χ0v) is 13.7. The lowest BCUT2D eigenvalue weighted by Crippen LogP contribution is -2.29. The van der Waals surface area contributed by atoms with Gasteiger partial charge in [-0.05, 0) is 62.5 Å². The number of hydrogen-bond acceptors (Lipinski definition) is 2. The van der Waals surface area contributed by atoms with E-state index >= 15 is 0 Å². The van der Waals surface area contributed by atoms with E-state index in [9.17, 15) is 0 Å². The van der Waals surface area contributed by atoms with Crippen molar-refractivity contribution in [2.75, 3.05) is 26.2 Å². The molecule has 1 heterocycles. The first-order valence-electron chi connectivity index (χ1n) is 7.76. The molecule has 112 valence electrons. The normalized spacial score (nSPS) is 21.6. The Hall–Kier alpha value is -0.570. The van der Waals surface area contributed by atoms with Gasteiger partial charge >= 0.3 is 0 Å². The van der Waals surface area contributed by atoms with Crippen molar-refractivity contribution >= 4 is 11.6 Å². The van der Waals surface area contributed by atoms with E-state index in [0.29, 0.717) is 6.04 Å². The molecule has 2 atom stereocenters. The second kappa shape index (κ2) is 7.44. The van der Waals surface area contributed by atoms with Crippen molar-refractivity contribution in [3.8, 4) is 0 Å². The Morgan fingerprint density at radius 1 is 1.35 bits per heavy atom. The molecule has 0 amide bonds. The zero-order valence-electron chi connectivity index (χ0n) is 12.9. The summed E-state index contributed by atoms with van der Waals surface area (Å²) in [5, 5.41) is 4.42. The topological polar surface area (TPSA) is 15.3 Å². The number of nitrogens with zero attached hydrogens (tertiary/aromatic N) is 1. The van der Waals surface area contributed by atoms with Gasteiger partial charge in [-0.1, -0.05) is 37.6 Å². The number of halogens is 1. The highest BCUT2D eigenvalue weighted by atomic mass is 35.5. The van der Waals surface area contributed by atoms with Crippen LogP contribution in [0.5, 0.6) is 0 Å². The highest BCUT2D eigenvalue weighted by Crippen LogP contribution is 2.28. The van der Waals surface area contributed by atoms with Crippen molar-refractivity contribution in [1.82, 2.24) is 10.2 Å². The lowest BCUT2D eigenvalue weighted by Gasteiger charge is -2.25. The van der Waals surface area contributed by atoms with E-state index < -0.39 is 0 Å². The van der Waals surface area contributed by atoms with Gasteiger partial charge in [0.2, 0.25) is 0 Å². The number of benzene rings is 1. The molecular weight excluding hydrogens is 268 g/mol. The Morgan fingerprint density at radius 3 is 2.85 bits per heavy atom. The van der Waals surface area contributed by atoms with E-state index in [4.69, 9.17) is 11.6 Å². The molecule has 1 N–H and O–H groups in total. The van der Waals surface area contributed by atoms with Gasteiger partial charge in [-0.15, -0.1) is 0 Å². The average molecular weight is 295 g/mol. The minimum Gasteiger partial charge on any atom is -0.316 e. The summed E-state index contributed by atoms with van der Waals surface area (Å²) in [6.45, 7) is 11.5. The highest BCUT2D eigenvalue weighted by molar-refractivity contribution is 6.30. The zero-order chi connectivity index (χ0) is 14.5. The van der Waals surface area contributed by atoms with Gasteiger partial charge in [0, 0.05) is 17.6 Å². The van der Waals surface area contributed by atoms with Gasteiger partial charge in [-0.2, -0.15) is 0 Å². The maximum atomic E-state index is 6.09. The second-order valence-electron chi connectivity index (χ2n) is 6.43. The first kappa shape index (κ1) is 15.8. The highest BCUT2D eigenvalue weighted by Gasteiger charge is 2.26. The quantitative estimate of drug-likeness (QED) is 0.854. The molecular formula is C17H27ClN2. The average Bonchev–Trinajstić information content (AvgIpc) is 2.86. The fraction of sp³-hybridized carbons (Fsp3) is 0.647. The molecule has 0 radical (unpaired) electrons. The summed E-state index contributed by atoms with van der Waals surface area (Å²) in [6.07, 6.45) is 1.30. The van der Waals surface area contributed by atoms with Crippen LogP contribution in [0, 0.1) is 11.8 Å². The molecule has 1 fully saturated rings. The molecule has 0 aliphatic carbocycles. The summed E-state index contributed by atoms with van der Waals surface area (Å²) in [5.41, 5.74) is 1.33. The van der Waals surface area contributed by atoms with Crippen molar-refractivity contribution in [1.29, 1.82) is 0 Å². The standard InChI is InChI=1S/C17H27ClN2/c1-13(2)10-19-11-15-7-8-20(12-15)14(3)16-5-4-6-17(18)9-16/h4-6,9,13-15,19H,7-8,10-12H2,1-3H3. The Kier molecular flexibility index (Phi) is 5.88. The third-order valence-corrected chi connectivity index (χ3v) is 4.42. The van der Waals surface area contributed by atoms with Gasteiger partial charge in [0.05, 0.1) is 0 Å². The summed E-state index contributed by atoms with van der Waals surface area (Å²) in [4.78, 5) is 2.58. The molecule has 3 heteroatoms. The molecule has 2 unspecified atom stereocenters. The van der Waals surface area contributed by atoms with Crippen LogP contribution >= 0.6 is 11.6 Å². The monoisotopic (exact) mass is 294 g/mol. The lowest BCUT2D eigenvalue weighted by atomic mass is 10.1. The SMILES string of the molecule is CC(C)CNCC1CCN(C(C)c2cccc(Cl)c2)C1. The molecule has 0 saturated carbocycles. The first-order valence-corrected chi connectivity index (χ1v) is 8.14. The van der Waals surface area contributed by atoms with Gasteiger partial charge in [-0.3, -0.25) is 4.90 Å². The van der Waals surface area contributed by atoms with E-state index in [1.165, 1.54) is 25.1 Å². The largest absolute Gasteiger partial charge is 0.316 e. The summed E-state index contributed by atoms with van der Waals surface area (Å²) >= 11 is 6.09. The molecule has 20 heavy (non-hydrogen) atoms.